The van der Waals surface area contributed by atoms with E-state index in [1.54, 1.807) is 0 Å². The van der Waals surface area contributed by atoms with E-state index >= 15 is 0 Å². The minimum Gasteiger partial charge on any atom is -0.356 e. The van der Waals surface area contributed by atoms with Gasteiger partial charge in [-0.1, -0.05) is 111 Å². The maximum atomic E-state index is 3.60. The van der Waals surface area contributed by atoms with Gasteiger partial charge < -0.3 is 5.32 Å². The molecule has 6 rings (SSSR count). The van der Waals surface area contributed by atoms with Crippen molar-refractivity contribution >= 4 is 11.4 Å². The highest BCUT2D eigenvalue weighted by Gasteiger charge is 2.36. The predicted octanol–water partition coefficient (Wildman–Crippen LogP) is 9.07. The van der Waals surface area contributed by atoms with E-state index in [1.165, 1.54) is 44.5 Å². The second-order valence-electron chi connectivity index (χ2n) is 9.55. The SMILES string of the molecule is CC1(C)c2ccccc2-c2c(-c3cccc(Nc4ccc(-c5ccccc5)cc4)c3)cccc21. The lowest BCUT2D eigenvalue weighted by molar-refractivity contribution is 0.660. The third-order valence-electron chi connectivity index (χ3n) is 7.06. The molecule has 0 bridgehead atoms. The summed E-state index contributed by atoms with van der Waals surface area (Å²) in [7, 11) is 0. The van der Waals surface area contributed by atoms with Gasteiger partial charge in [-0.15, -0.1) is 0 Å². The first-order valence-corrected chi connectivity index (χ1v) is 11.9. The third kappa shape index (κ3) is 3.41. The van der Waals surface area contributed by atoms with Crippen LogP contribution in [0.25, 0.3) is 33.4 Å². The fourth-order valence-electron chi connectivity index (χ4n) is 5.30. The van der Waals surface area contributed by atoms with Gasteiger partial charge in [-0.2, -0.15) is 0 Å². The summed E-state index contributed by atoms with van der Waals surface area (Å²) in [4.78, 5) is 0. The Balaban J connectivity index is 1.34. The molecule has 0 saturated carbocycles. The molecule has 0 radical (unpaired) electrons. The standard InChI is InChI=1S/C33H27N/c1-33(2)30-16-7-6-14-29(30)32-28(15-9-17-31(32)33)25-12-8-13-27(22-25)34-26-20-18-24(19-21-26)23-10-4-3-5-11-23/h3-22,34H,1-2H3. The van der Waals surface area contributed by atoms with Gasteiger partial charge in [0, 0.05) is 16.8 Å². The highest BCUT2D eigenvalue weighted by molar-refractivity contribution is 5.93. The van der Waals surface area contributed by atoms with Gasteiger partial charge >= 0.3 is 0 Å². The number of rotatable bonds is 4. The van der Waals surface area contributed by atoms with Crippen LogP contribution >= 0.6 is 0 Å². The number of nitrogens with one attached hydrogen (secondary N) is 1. The van der Waals surface area contributed by atoms with E-state index in [1.807, 2.05) is 6.07 Å². The molecule has 164 valence electrons. The molecule has 1 aliphatic carbocycles. The van der Waals surface area contributed by atoms with Crippen LogP contribution in [0.2, 0.25) is 0 Å². The largest absolute Gasteiger partial charge is 0.356 e. The van der Waals surface area contributed by atoms with Crippen LogP contribution in [0.15, 0.2) is 121 Å². The Morgan fingerprint density at radius 3 is 1.91 bits per heavy atom. The topological polar surface area (TPSA) is 12.0 Å². The molecule has 34 heavy (non-hydrogen) atoms. The fourth-order valence-corrected chi connectivity index (χ4v) is 5.30. The number of anilines is 2. The molecule has 0 aliphatic heterocycles. The van der Waals surface area contributed by atoms with Crippen LogP contribution in [0.4, 0.5) is 11.4 Å². The van der Waals surface area contributed by atoms with E-state index in [2.05, 4.69) is 134 Å². The van der Waals surface area contributed by atoms with Crippen LogP contribution in [-0.2, 0) is 5.41 Å². The Labute approximate surface area is 201 Å². The molecule has 5 aromatic rings. The Kier molecular flexibility index (Phi) is 4.85. The van der Waals surface area contributed by atoms with Crippen molar-refractivity contribution in [1.29, 1.82) is 0 Å². The molecular formula is C33H27N. The molecule has 0 fully saturated rings. The van der Waals surface area contributed by atoms with Crippen molar-refractivity contribution in [3.63, 3.8) is 0 Å². The molecule has 0 atom stereocenters. The van der Waals surface area contributed by atoms with Crippen molar-refractivity contribution in [2.24, 2.45) is 0 Å². The van der Waals surface area contributed by atoms with Gasteiger partial charge in [-0.25, -0.2) is 0 Å². The first kappa shape index (κ1) is 20.5. The molecule has 1 N–H and O–H groups in total. The first-order valence-electron chi connectivity index (χ1n) is 11.9. The van der Waals surface area contributed by atoms with Crippen LogP contribution in [0.5, 0.6) is 0 Å². The highest BCUT2D eigenvalue weighted by atomic mass is 14.9. The molecule has 1 nitrogen and oxygen atoms in total. The quantitative estimate of drug-likeness (QED) is 0.296. The average molecular weight is 438 g/mol. The van der Waals surface area contributed by atoms with E-state index in [0.29, 0.717) is 0 Å². The molecule has 0 saturated heterocycles. The summed E-state index contributed by atoms with van der Waals surface area (Å²) >= 11 is 0. The summed E-state index contributed by atoms with van der Waals surface area (Å²) in [5.41, 5.74) is 12.7. The van der Waals surface area contributed by atoms with E-state index in [9.17, 15) is 0 Å². The van der Waals surface area contributed by atoms with E-state index in [-0.39, 0.29) is 5.41 Å². The number of benzene rings is 5. The second-order valence-corrected chi connectivity index (χ2v) is 9.55. The summed E-state index contributed by atoms with van der Waals surface area (Å²) < 4.78 is 0. The molecule has 0 heterocycles. The summed E-state index contributed by atoms with van der Waals surface area (Å²) in [6, 6.07) is 43.5. The van der Waals surface area contributed by atoms with E-state index in [4.69, 9.17) is 0 Å². The van der Waals surface area contributed by atoms with Crippen LogP contribution in [0.3, 0.4) is 0 Å². The Hall–Kier alpha value is -4.10. The molecular weight excluding hydrogens is 410 g/mol. The van der Waals surface area contributed by atoms with Gasteiger partial charge in [0.2, 0.25) is 0 Å². The Morgan fingerprint density at radius 1 is 0.471 bits per heavy atom. The monoisotopic (exact) mass is 437 g/mol. The zero-order valence-corrected chi connectivity index (χ0v) is 19.5. The van der Waals surface area contributed by atoms with Crippen molar-refractivity contribution in [3.05, 3.63) is 132 Å². The lowest BCUT2D eigenvalue weighted by atomic mass is 9.82. The lowest BCUT2D eigenvalue weighted by Gasteiger charge is -2.21. The fraction of sp³-hybridized carbons (Fsp3) is 0.0909. The minimum atomic E-state index is 0.0122. The third-order valence-corrected chi connectivity index (χ3v) is 7.06. The van der Waals surface area contributed by atoms with E-state index in [0.717, 1.165) is 11.4 Å². The van der Waals surface area contributed by atoms with Gasteiger partial charge in [-0.3, -0.25) is 0 Å². The Bertz CT molecular complexity index is 1480. The zero-order valence-electron chi connectivity index (χ0n) is 19.5. The van der Waals surface area contributed by atoms with Crippen LogP contribution in [-0.4, -0.2) is 0 Å². The summed E-state index contributed by atoms with van der Waals surface area (Å²) in [5, 5.41) is 3.60. The van der Waals surface area contributed by atoms with Gasteiger partial charge in [0.25, 0.3) is 0 Å². The van der Waals surface area contributed by atoms with Gasteiger partial charge in [0.05, 0.1) is 0 Å². The van der Waals surface area contributed by atoms with Crippen molar-refractivity contribution in [1.82, 2.24) is 0 Å². The molecule has 0 aromatic heterocycles. The lowest BCUT2D eigenvalue weighted by Crippen LogP contribution is -2.14. The smallest absolute Gasteiger partial charge is 0.0390 e. The average Bonchev–Trinajstić information content (AvgIpc) is 3.12. The van der Waals surface area contributed by atoms with Crippen molar-refractivity contribution < 1.29 is 0 Å². The number of fused-ring (bicyclic) bond motifs is 3. The normalized spacial score (nSPS) is 13.2. The minimum absolute atomic E-state index is 0.0122. The molecule has 0 amide bonds. The maximum Gasteiger partial charge on any atom is 0.0390 e. The first-order chi connectivity index (χ1) is 16.6. The van der Waals surface area contributed by atoms with Crippen LogP contribution in [0.1, 0.15) is 25.0 Å². The summed E-state index contributed by atoms with van der Waals surface area (Å²) in [6.45, 7) is 4.66. The van der Waals surface area contributed by atoms with Crippen LogP contribution < -0.4 is 5.32 Å². The van der Waals surface area contributed by atoms with Crippen molar-refractivity contribution in [2.45, 2.75) is 19.3 Å². The van der Waals surface area contributed by atoms with Gasteiger partial charge in [0.15, 0.2) is 0 Å². The maximum absolute atomic E-state index is 3.60. The summed E-state index contributed by atoms with van der Waals surface area (Å²) in [6.07, 6.45) is 0. The second kappa shape index (κ2) is 8.04. The van der Waals surface area contributed by atoms with Crippen molar-refractivity contribution in [3.8, 4) is 33.4 Å². The van der Waals surface area contributed by atoms with Gasteiger partial charge in [0.1, 0.15) is 0 Å². The zero-order chi connectivity index (χ0) is 23.1. The van der Waals surface area contributed by atoms with Crippen LogP contribution in [0, 0.1) is 0 Å². The molecule has 1 heteroatoms. The summed E-state index contributed by atoms with van der Waals surface area (Å²) in [5.74, 6) is 0. The van der Waals surface area contributed by atoms with Crippen molar-refractivity contribution in [2.75, 3.05) is 5.32 Å². The molecule has 0 unspecified atom stereocenters. The Morgan fingerprint density at radius 2 is 1.09 bits per heavy atom. The molecule has 5 aromatic carbocycles. The van der Waals surface area contributed by atoms with Gasteiger partial charge in [-0.05, 0) is 68.8 Å². The number of hydrogen-bond acceptors (Lipinski definition) is 1. The number of hydrogen-bond donors (Lipinski definition) is 1. The van der Waals surface area contributed by atoms with E-state index < -0.39 is 0 Å². The molecule has 1 aliphatic rings. The highest BCUT2D eigenvalue weighted by Crippen LogP contribution is 2.51. The predicted molar refractivity (Wildman–Crippen MR) is 145 cm³/mol. The molecule has 0 spiro atoms.